The van der Waals surface area contributed by atoms with Gasteiger partial charge in [-0.3, -0.25) is 0 Å². The minimum Gasteiger partial charge on any atom is -0.414 e. The molecule has 2 aromatic rings. The molecule has 2 aromatic carbocycles. The molecule has 0 aliphatic heterocycles. The molecule has 0 saturated heterocycles. The molecular weight excluding hydrogens is 279 g/mol. The molecule has 0 radical (unpaired) electrons. The second-order valence-corrected chi connectivity index (χ2v) is 3.97. The molecular formula is C12H6Cl2O4. The van der Waals surface area contributed by atoms with E-state index in [1.165, 1.54) is 0 Å². The Balaban J connectivity index is 2.35. The van der Waals surface area contributed by atoms with Gasteiger partial charge in [-0.1, -0.05) is 12.1 Å². The van der Waals surface area contributed by atoms with E-state index in [0.29, 0.717) is 11.5 Å². The molecule has 0 atom stereocenters. The van der Waals surface area contributed by atoms with Gasteiger partial charge in [0.2, 0.25) is 0 Å². The number of benzene rings is 2. The fraction of sp³-hybridized carbons (Fsp3) is 0. The third-order valence-electron chi connectivity index (χ3n) is 2.18. The van der Waals surface area contributed by atoms with Crippen molar-refractivity contribution in [1.29, 1.82) is 0 Å². The number of hydrogen-bond acceptors (Lipinski definition) is 4. The number of fused-ring (bicyclic) bond motifs is 1. The average Bonchev–Trinajstić information content (AvgIpc) is 2.27. The number of halogens is 2. The fourth-order valence-electron chi connectivity index (χ4n) is 1.51. The van der Waals surface area contributed by atoms with Gasteiger partial charge in [0.25, 0.3) is 0 Å². The molecule has 6 heteroatoms. The van der Waals surface area contributed by atoms with Crippen LogP contribution in [0.2, 0.25) is 0 Å². The Morgan fingerprint density at radius 3 is 1.50 bits per heavy atom. The lowest BCUT2D eigenvalue weighted by Crippen LogP contribution is -1.96. The van der Waals surface area contributed by atoms with Crippen LogP contribution in [0.1, 0.15) is 0 Å². The first-order valence-corrected chi connectivity index (χ1v) is 5.58. The Bertz CT molecular complexity index is 569. The molecule has 0 aliphatic rings. The summed E-state index contributed by atoms with van der Waals surface area (Å²) >= 11 is 10.2. The van der Waals surface area contributed by atoms with E-state index < -0.39 is 10.9 Å². The smallest absolute Gasteiger partial charge is 0.409 e. The first-order chi connectivity index (χ1) is 8.54. The summed E-state index contributed by atoms with van der Waals surface area (Å²) in [6.07, 6.45) is 0. The van der Waals surface area contributed by atoms with Crippen LogP contribution in [0.4, 0.5) is 9.59 Å². The van der Waals surface area contributed by atoms with Crippen LogP contribution in [-0.2, 0) is 0 Å². The summed E-state index contributed by atoms with van der Waals surface area (Å²) in [6, 6.07) is 9.85. The van der Waals surface area contributed by atoms with E-state index in [9.17, 15) is 9.59 Å². The van der Waals surface area contributed by atoms with Gasteiger partial charge >= 0.3 is 10.9 Å². The summed E-state index contributed by atoms with van der Waals surface area (Å²) in [5.41, 5.74) is -1.80. The molecule has 0 fully saturated rings. The number of ether oxygens (including phenoxy) is 2. The first kappa shape index (κ1) is 12.7. The molecule has 0 N–H and O–H groups in total. The molecule has 92 valence electrons. The summed E-state index contributed by atoms with van der Waals surface area (Å²) in [5.74, 6) is 0.675. The third kappa shape index (κ3) is 3.12. The molecule has 0 unspecified atom stereocenters. The van der Waals surface area contributed by atoms with Crippen LogP contribution in [0.3, 0.4) is 0 Å². The van der Waals surface area contributed by atoms with Crippen LogP contribution < -0.4 is 9.47 Å². The molecule has 0 aromatic heterocycles. The molecule has 0 heterocycles. The van der Waals surface area contributed by atoms with Gasteiger partial charge in [-0.15, -0.1) is 0 Å². The van der Waals surface area contributed by atoms with Gasteiger partial charge in [0.05, 0.1) is 0 Å². The predicted molar refractivity (Wildman–Crippen MR) is 67.7 cm³/mol. The van der Waals surface area contributed by atoms with Gasteiger partial charge in [0.1, 0.15) is 11.5 Å². The Kier molecular flexibility index (Phi) is 3.69. The number of rotatable bonds is 2. The standard InChI is InChI=1S/C12H6Cl2O4/c13-11(15)17-9-3-1-7-5-10(18-12(14)16)4-2-8(7)6-9/h1-6H. The monoisotopic (exact) mass is 284 g/mol. The zero-order chi connectivity index (χ0) is 13.1. The zero-order valence-corrected chi connectivity index (χ0v) is 10.4. The molecule has 0 spiro atoms. The largest absolute Gasteiger partial charge is 0.414 e. The minimum absolute atomic E-state index is 0.338. The van der Waals surface area contributed by atoms with E-state index in [0.717, 1.165) is 10.8 Å². The molecule has 0 bridgehead atoms. The van der Waals surface area contributed by atoms with Crippen molar-refractivity contribution < 1.29 is 19.1 Å². The summed E-state index contributed by atoms with van der Waals surface area (Å²) in [5, 5.41) is 1.61. The van der Waals surface area contributed by atoms with Crippen molar-refractivity contribution >= 4 is 44.8 Å². The topological polar surface area (TPSA) is 52.6 Å². The Hall–Kier alpha value is -1.78. The first-order valence-electron chi connectivity index (χ1n) is 4.83. The van der Waals surface area contributed by atoms with E-state index in [1.54, 1.807) is 36.4 Å². The highest BCUT2D eigenvalue weighted by Crippen LogP contribution is 2.25. The van der Waals surface area contributed by atoms with E-state index in [-0.39, 0.29) is 0 Å². The predicted octanol–water partition coefficient (Wildman–Crippen LogP) is 4.32. The van der Waals surface area contributed by atoms with E-state index in [2.05, 4.69) is 0 Å². The van der Waals surface area contributed by atoms with Crippen LogP contribution >= 0.6 is 23.2 Å². The molecule has 0 amide bonds. The van der Waals surface area contributed by atoms with Crippen LogP contribution in [0, 0.1) is 0 Å². The Morgan fingerprint density at radius 2 is 1.17 bits per heavy atom. The average molecular weight is 285 g/mol. The van der Waals surface area contributed by atoms with Crippen molar-refractivity contribution in [3.63, 3.8) is 0 Å². The van der Waals surface area contributed by atoms with E-state index in [1.807, 2.05) is 0 Å². The number of carbonyl (C=O) groups is 2. The summed E-state index contributed by atoms with van der Waals surface area (Å²) < 4.78 is 9.47. The maximum Gasteiger partial charge on any atom is 0.409 e. The molecule has 0 saturated carbocycles. The fourth-order valence-corrected chi connectivity index (χ4v) is 1.69. The normalized spacial score (nSPS) is 10.1. The highest BCUT2D eigenvalue weighted by molar-refractivity contribution is 6.61. The van der Waals surface area contributed by atoms with Crippen molar-refractivity contribution in [3.8, 4) is 11.5 Å². The van der Waals surface area contributed by atoms with Gasteiger partial charge in [0.15, 0.2) is 0 Å². The van der Waals surface area contributed by atoms with Crippen LogP contribution in [-0.4, -0.2) is 10.9 Å². The van der Waals surface area contributed by atoms with Crippen LogP contribution in [0.5, 0.6) is 11.5 Å². The Labute approximate surface area is 112 Å². The van der Waals surface area contributed by atoms with Crippen LogP contribution in [0.15, 0.2) is 36.4 Å². The van der Waals surface area contributed by atoms with Crippen LogP contribution in [0.25, 0.3) is 10.8 Å². The second-order valence-electron chi connectivity index (χ2n) is 3.35. The zero-order valence-electron chi connectivity index (χ0n) is 8.85. The van der Waals surface area contributed by atoms with Crippen molar-refractivity contribution in [2.75, 3.05) is 0 Å². The van der Waals surface area contributed by atoms with E-state index >= 15 is 0 Å². The quantitative estimate of drug-likeness (QED) is 0.771. The minimum atomic E-state index is -0.901. The van der Waals surface area contributed by atoms with Gasteiger partial charge in [-0.2, -0.15) is 0 Å². The number of carbonyl (C=O) groups excluding carboxylic acids is 2. The molecule has 4 nitrogen and oxygen atoms in total. The van der Waals surface area contributed by atoms with Gasteiger partial charge in [-0.05, 0) is 35.0 Å². The highest BCUT2D eigenvalue weighted by Gasteiger charge is 2.04. The maximum atomic E-state index is 10.6. The summed E-state index contributed by atoms with van der Waals surface area (Å²) in [6.45, 7) is 0. The lowest BCUT2D eigenvalue weighted by Gasteiger charge is -2.04. The van der Waals surface area contributed by atoms with E-state index in [4.69, 9.17) is 32.7 Å². The summed E-state index contributed by atoms with van der Waals surface area (Å²) in [7, 11) is 0. The highest BCUT2D eigenvalue weighted by atomic mass is 35.5. The third-order valence-corrected chi connectivity index (χ3v) is 2.33. The van der Waals surface area contributed by atoms with Gasteiger partial charge < -0.3 is 9.47 Å². The van der Waals surface area contributed by atoms with Gasteiger partial charge in [-0.25, -0.2) is 9.59 Å². The maximum absolute atomic E-state index is 10.6. The molecule has 18 heavy (non-hydrogen) atoms. The second kappa shape index (κ2) is 5.25. The molecule has 2 rings (SSSR count). The van der Waals surface area contributed by atoms with Crippen molar-refractivity contribution in [1.82, 2.24) is 0 Å². The lowest BCUT2D eigenvalue weighted by molar-refractivity contribution is 0.224. The summed E-state index contributed by atoms with van der Waals surface area (Å²) in [4.78, 5) is 21.2. The van der Waals surface area contributed by atoms with Gasteiger partial charge in [0, 0.05) is 23.2 Å². The molecule has 0 aliphatic carbocycles. The van der Waals surface area contributed by atoms with Crippen molar-refractivity contribution in [2.45, 2.75) is 0 Å². The van der Waals surface area contributed by atoms with Crippen molar-refractivity contribution in [2.24, 2.45) is 0 Å². The Morgan fingerprint density at radius 1 is 0.778 bits per heavy atom. The van der Waals surface area contributed by atoms with Crippen molar-refractivity contribution in [3.05, 3.63) is 36.4 Å². The number of hydrogen-bond donors (Lipinski definition) is 0. The SMILES string of the molecule is O=C(Cl)Oc1ccc2cc(OC(=O)Cl)ccc2c1. The lowest BCUT2D eigenvalue weighted by atomic mass is 10.1.